The van der Waals surface area contributed by atoms with E-state index in [1.807, 2.05) is 13.1 Å². The second-order valence-electron chi connectivity index (χ2n) is 2.87. The largest absolute Gasteiger partial charge is 0.495 e. The highest BCUT2D eigenvalue weighted by molar-refractivity contribution is 5.33. The summed E-state index contributed by atoms with van der Waals surface area (Å²) in [4.78, 5) is 3.99. The maximum atomic E-state index is 5.29. The van der Waals surface area contributed by atoms with Crippen molar-refractivity contribution in [1.82, 2.24) is 10.3 Å². The van der Waals surface area contributed by atoms with Crippen LogP contribution in [-0.4, -0.2) is 19.1 Å². The molecule has 0 spiro atoms. The molecule has 14 heavy (non-hydrogen) atoms. The molecule has 3 nitrogen and oxygen atoms in total. The first-order valence-corrected chi connectivity index (χ1v) is 4.42. The quantitative estimate of drug-likeness (QED) is 0.728. The van der Waals surface area contributed by atoms with Crippen LogP contribution in [0.3, 0.4) is 0 Å². The molecule has 0 saturated carbocycles. The molecule has 0 saturated heterocycles. The fourth-order valence-corrected chi connectivity index (χ4v) is 1.33. The van der Waals surface area contributed by atoms with Crippen molar-refractivity contribution in [3.05, 3.63) is 24.0 Å². The molecule has 1 aromatic rings. The van der Waals surface area contributed by atoms with Crippen molar-refractivity contribution >= 4 is 0 Å². The zero-order valence-electron chi connectivity index (χ0n) is 8.45. The van der Waals surface area contributed by atoms with Crippen molar-refractivity contribution in [3.63, 3.8) is 0 Å². The lowest BCUT2D eigenvalue weighted by atomic mass is 10.1. The Morgan fingerprint density at radius 1 is 1.71 bits per heavy atom. The second-order valence-corrected chi connectivity index (χ2v) is 2.87. The van der Waals surface area contributed by atoms with Crippen LogP contribution in [0.1, 0.15) is 18.0 Å². The number of terminal acetylenes is 1. The fraction of sp³-hybridized carbons (Fsp3) is 0.364. The van der Waals surface area contributed by atoms with Gasteiger partial charge >= 0.3 is 0 Å². The topological polar surface area (TPSA) is 34.2 Å². The zero-order chi connectivity index (χ0) is 10.4. The molecular weight excluding hydrogens is 176 g/mol. The van der Waals surface area contributed by atoms with Crippen LogP contribution >= 0.6 is 0 Å². The van der Waals surface area contributed by atoms with Crippen LogP contribution in [0.2, 0.25) is 0 Å². The van der Waals surface area contributed by atoms with Crippen molar-refractivity contribution in [1.29, 1.82) is 0 Å². The molecule has 0 aliphatic carbocycles. The maximum Gasteiger partial charge on any atom is 0.141 e. The van der Waals surface area contributed by atoms with E-state index in [1.54, 1.807) is 19.5 Å². The van der Waals surface area contributed by atoms with Crippen LogP contribution in [0.4, 0.5) is 0 Å². The van der Waals surface area contributed by atoms with Crippen molar-refractivity contribution in [2.45, 2.75) is 12.5 Å². The Labute approximate surface area is 84.5 Å². The van der Waals surface area contributed by atoms with E-state index in [-0.39, 0.29) is 6.04 Å². The third kappa shape index (κ3) is 2.24. The van der Waals surface area contributed by atoms with Gasteiger partial charge in [-0.05, 0) is 13.1 Å². The summed E-state index contributed by atoms with van der Waals surface area (Å²) in [6.45, 7) is 0. The van der Waals surface area contributed by atoms with Gasteiger partial charge in [0, 0.05) is 24.2 Å². The molecule has 1 aromatic heterocycles. The van der Waals surface area contributed by atoms with Crippen LogP contribution in [0.25, 0.3) is 0 Å². The van der Waals surface area contributed by atoms with Crippen molar-refractivity contribution in [3.8, 4) is 18.1 Å². The van der Waals surface area contributed by atoms with E-state index in [1.165, 1.54) is 0 Å². The lowest BCUT2D eigenvalue weighted by Gasteiger charge is -2.16. The Morgan fingerprint density at radius 3 is 3.07 bits per heavy atom. The second kappa shape index (κ2) is 5.25. The highest BCUT2D eigenvalue weighted by Gasteiger charge is 2.12. The van der Waals surface area contributed by atoms with Gasteiger partial charge in [-0.25, -0.2) is 0 Å². The summed E-state index contributed by atoms with van der Waals surface area (Å²) in [5, 5.41) is 3.14. The van der Waals surface area contributed by atoms with Crippen molar-refractivity contribution < 1.29 is 4.74 Å². The molecule has 1 heterocycles. The highest BCUT2D eigenvalue weighted by Crippen LogP contribution is 2.25. The van der Waals surface area contributed by atoms with Crippen LogP contribution in [0.15, 0.2) is 18.5 Å². The summed E-state index contributed by atoms with van der Waals surface area (Å²) < 4.78 is 5.20. The molecule has 1 unspecified atom stereocenters. The van der Waals surface area contributed by atoms with E-state index in [0.717, 1.165) is 11.3 Å². The summed E-state index contributed by atoms with van der Waals surface area (Å²) in [6, 6.07) is 2.04. The average Bonchev–Trinajstić information content (AvgIpc) is 2.26. The Hall–Kier alpha value is -1.53. The fourth-order valence-electron chi connectivity index (χ4n) is 1.33. The summed E-state index contributed by atoms with van der Waals surface area (Å²) in [6.07, 6.45) is 9.35. The predicted molar refractivity (Wildman–Crippen MR) is 56.0 cm³/mol. The van der Waals surface area contributed by atoms with Gasteiger partial charge in [-0.3, -0.25) is 4.98 Å². The molecule has 74 valence electrons. The predicted octanol–water partition coefficient (Wildman–Crippen LogP) is 1.37. The number of hydrogen-bond donors (Lipinski definition) is 1. The lowest BCUT2D eigenvalue weighted by Crippen LogP contribution is -2.16. The van der Waals surface area contributed by atoms with E-state index >= 15 is 0 Å². The van der Waals surface area contributed by atoms with E-state index in [2.05, 4.69) is 16.2 Å². The summed E-state index contributed by atoms with van der Waals surface area (Å²) >= 11 is 0. The molecule has 0 amide bonds. The van der Waals surface area contributed by atoms with Crippen LogP contribution in [0, 0.1) is 12.3 Å². The van der Waals surface area contributed by atoms with E-state index < -0.39 is 0 Å². The van der Waals surface area contributed by atoms with Gasteiger partial charge < -0.3 is 10.1 Å². The molecule has 1 atom stereocenters. The van der Waals surface area contributed by atoms with Gasteiger partial charge in [0.2, 0.25) is 0 Å². The van der Waals surface area contributed by atoms with Crippen LogP contribution in [0.5, 0.6) is 5.75 Å². The van der Waals surface area contributed by atoms with Crippen LogP contribution < -0.4 is 10.1 Å². The van der Waals surface area contributed by atoms with E-state index in [4.69, 9.17) is 11.2 Å². The number of nitrogens with one attached hydrogen (secondary N) is 1. The maximum absolute atomic E-state index is 5.29. The smallest absolute Gasteiger partial charge is 0.141 e. The molecule has 0 fully saturated rings. The number of methoxy groups -OCH3 is 1. The third-order valence-electron chi connectivity index (χ3n) is 2.08. The van der Waals surface area contributed by atoms with Crippen molar-refractivity contribution in [2.75, 3.05) is 14.2 Å². The molecule has 0 radical (unpaired) electrons. The number of nitrogens with zero attached hydrogens (tertiary/aromatic N) is 1. The van der Waals surface area contributed by atoms with Gasteiger partial charge in [-0.15, -0.1) is 12.3 Å². The Bertz CT molecular complexity index is 330. The third-order valence-corrected chi connectivity index (χ3v) is 2.08. The average molecular weight is 190 g/mol. The molecule has 0 aliphatic rings. The molecule has 1 N–H and O–H groups in total. The van der Waals surface area contributed by atoms with E-state index in [0.29, 0.717) is 6.42 Å². The lowest BCUT2D eigenvalue weighted by molar-refractivity contribution is 0.400. The highest BCUT2D eigenvalue weighted by atomic mass is 16.5. The molecule has 0 bridgehead atoms. The molecule has 0 aromatic carbocycles. The molecule has 0 aliphatic heterocycles. The van der Waals surface area contributed by atoms with Gasteiger partial charge in [-0.1, -0.05) is 0 Å². The molecule has 3 heteroatoms. The SMILES string of the molecule is C#CCC(NC)c1ccncc1OC. The first-order valence-electron chi connectivity index (χ1n) is 4.42. The van der Waals surface area contributed by atoms with Gasteiger partial charge in [-0.2, -0.15) is 0 Å². The number of ether oxygens (including phenoxy) is 1. The molecular formula is C11H14N2O. The number of aromatic nitrogens is 1. The minimum Gasteiger partial charge on any atom is -0.495 e. The van der Waals surface area contributed by atoms with Gasteiger partial charge in [0.1, 0.15) is 5.75 Å². The van der Waals surface area contributed by atoms with Crippen LogP contribution in [-0.2, 0) is 0 Å². The summed E-state index contributed by atoms with van der Waals surface area (Å²) in [5.74, 6) is 3.40. The Morgan fingerprint density at radius 2 is 2.50 bits per heavy atom. The zero-order valence-corrected chi connectivity index (χ0v) is 8.45. The first kappa shape index (κ1) is 10.6. The Balaban J connectivity index is 2.97. The van der Waals surface area contributed by atoms with E-state index in [9.17, 15) is 0 Å². The number of hydrogen-bond acceptors (Lipinski definition) is 3. The van der Waals surface area contributed by atoms with Gasteiger partial charge in [0.25, 0.3) is 0 Å². The summed E-state index contributed by atoms with van der Waals surface area (Å²) in [7, 11) is 3.50. The van der Waals surface area contributed by atoms with Crippen molar-refractivity contribution in [2.24, 2.45) is 0 Å². The minimum absolute atomic E-state index is 0.123. The monoisotopic (exact) mass is 190 g/mol. The Kier molecular flexibility index (Phi) is 3.96. The number of rotatable bonds is 4. The van der Waals surface area contributed by atoms with Gasteiger partial charge in [0.05, 0.1) is 13.3 Å². The first-order chi connectivity index (χ1) is 6.83. The standard InChI is InChI=1S/C11H14N2O/c1-4-5-10(12-2)9-6-7-13-8-11(9)14-3/h1,6-8,10,12H,5H2,2-3H3. The normalized spacial score (nSPS) is 11.8. The van der Waals surface area contributed by atoms with Gasteiger partial charge in [0.15, 0.2) is 0 Å². The minimum atomic E-state index is 0.123. The number of pyridine rings is 1. The molecule has 1 rings (SSSR count). The summed E-state index contributed by atoms with van der Waals surface area (Å²) in [5.41, 5.74) is 1.04.